The van der Waals surface area contributed by atoms with Gasteiger partial charge >= 0.3 is 0 Å². The minimum Gasteiger partial charge on any atom is -0.497 e. The normalized spacial score (nSPS) is 11.3. The molecule has 104 valence electrons. The lowest BCUT2D eigenvalue weighted by Crippen LogP contribution is -1.82. The maximum Gasteiger partial charge on any atom is 0.139 e. The fourth-order valence-electron chi connectivity index (χ4n) is 2.59. The van der Waals surface area contributed by atoms with Crippen molar-refractivity contribution in [1.29, 1.82) is 0 Å². The Bertz CT molecular complexity index is 955. The fraction of sp³-hybridized carbons (Fsp3) is 0.0625. The number of aromatic nitrogens is 3. The van der Waals surface area contributed by atoms with Gasteiger partial charge in [0.2, 0.25) is 0 Å². The van der Waals surface area contributed by atoms with E-state index >= 15 is 0 Å². The van der Waals surface area contributed by atoms with Crippen LogP contribution >= 0.6 is 11.6 Å². The molecule has 1 aromatic carbocycles. The number of hydrogen-bond acceptors (Lipinski definition) is 2. The van der Waals surface area contributed by atoms with Gasteiger partial charge in [0.25, 0.3) is 0 Å². The number of fused-ring (bicyclic) bond motifs is 2. The largest absolute Gasteiger partial charge is 0.497 e. The van der Waals surface area contributed by atoms with Gasteiger partial charge in [-0.3, -0.25) is 0 Å². The van der Waals surface area contributed by atoms with E-state index in [1.807, 2.05) is 30.5 Å². The molecule has 4 aromatic rings. The molecule has 0 saturated heterocycles. The number of methoxy groups -OCH3 is 1. The molecule has 0 unspecified atom stereocenters. The molecule has 4 rings (SSSR count). The first-order valence-electron chi connectivity index (χ1n) is 6.55. The molecule has 3 aromatic heterocycles. The molecule has 0 amide bonds. The number of ether oxygens (including phenoxy) is 1. The van der Waals surface area contributed by atoms with Crippen molar-refractivity contribution in [2.75, 3.05) is 7.11 Å². The van der Waals surface area contributed by atoms with E-state index in [1.54, 1.807) is 19.4 Å². The molecule has 0 fully saturated rings. The Morgan fingerprint density at radius 2 is 2.05 bits per heavy atom. The average Bonchev–Trinajstić information content (AvgIpc) is 3.10. The molecule has 3 heterocycles. The van der Waals surface area contributed by atoms with Crippen LogP contribution in [-0.4, -0.2) is 22.1 Å². The van der Waals surface area contributed by atoms with Crippen molar-refractivity contribution >= 4 is 33.5 Å². The first-order valence-corrected chi connectivity index (χ1v) is 6.93. The van der Waals surface area contributed by atoms with Crippen molar-refractivity contribution in [2.45, 2.75) is 0 Å². The van der Waals surface area contributed by atoms with E-state index in [4.69, 9.17) is 16.3 Å². The number of H-pyrrole nitrogens is 2. The molecular weight excluding hydrogens is 286 g/mol. The lowest BCUT2D eigenvalue weighted by Gasteiger charge is -2.00. The van der Waals surface area contributed by atoms with Crippen molar-refractivity contribution < 1.29 is 4.74 Å². The van der Waals surface area contributed by atoms with Gasteiger partial charge in [-0.05, 0) is 30.3 Å². The number of nitrogens with zero attached hydrogens (tertiary/aromatic N) is 1. The van der Waals surface area contributed by atoms with E-state index in [1.165, 1.54) is 0 Å². The summed E-state index contributed by atoms with van der Waals surface area (Å²) in [5, 5.41) is 2.71. The van der Waals surface area contributed by atoms with Crippen molar-refractivity contribution in [3.63, 3.8) is 0 Å². The standard InChI is InChI=1S/C16H12ClN3O/c1-21-9-2-3-14-10(6-9)12(8-19-14)15-7-11-13(17)4-5-18-16(11)20-15/h2-8,19H,1H3,(H,18,20). The first kappa shape index (κ1) is 12.3. The number of benzene rings is 1. The number of pyridine rings is 1. The monoisotopic (exact) mass is 297 g/mol. The zero-order valence-electron chi connectivity index (χ0n) is 11.3. The number of nitrogens with one attached hydrogen (secondary N) is 2. The van der Waals surface area contributed by atoms with Gasteiger partial charge in [0.15, 0.2) is 0 Å². The lowest BCUT2D eigenvalue weighted by molar-refractivity contribution is 0.415. The quantitative estimate of drug-likeness (QED) is 0.577. The van der Waals surface area contributed by atoms with Crippen LogP contribution in [-0.2, 0) is 0 Å². The van der Waals surface area contributed by atoms with Crippen molar-refractivity contribution in [3.8, 4) is 17.0 Å². The van der Waals surface area contributed by atoms with E-state index in [9.17, 15) is 0 Å². The highest BCUT2D eigenvalue weighted by Gasteiger charge is 2.11. The van der Waals surface area contributed by atoms with E-state index < -0.39 is 0 Å². The topological polar surface area (TPSA) is 53.7 Å². The van der Waals surface area contributed by atoms with E-state index in [-0.39, 0.29) is 0 Å². The number of hydrogen-bond donors (Lipinski definition) is 2. The second-order valence-corrected chi connectivity index (χ2v) is 5.26. The zero-order valence-corrected chi connectivity index (χ0v) is 12.0. The number of halogens is 1. The summed E-state index contributed by atoms with van der Waals surface area (Å²) in [6.45, 7) is 0. The van der Waals surface area contributed by atoms with Crippen molar-refractivity contribution in [3.05, 3.63) is 47.7 Å². The van der Waals surface area contributed by atoms with Gasteiger partial charge in [0, 0.05) is 39.9 Å². The van der Waals surface area contributed by atoms with Crippen molar-refractivity contribution in [2.24, 2.45) is 0 Å². The van der Waals surface area contributed by atoms with Gasteiger partial charge in [-0.25, -0.2) is 4.98 Å². The van der Waals surface area contributed by atoms with Gasteiger partial charge in [-0.2, -0.15) is 0 Å². The molecule has 0 atom stereocenters. The summed E-state index contributed by atoms with van der Waals surface area (Å²) in [5.41, 5.74) is 3.89. The second-order valence-electron chi connectivity index (χ2n) is 4.85. The van der Waals surface area contributed by atoms with E-state index in [2.05, 4.69) is 15.0 Å². The zero-order chi connectivity index (χ0) is 14.4. The second kappa shape index (κ2) is 4.53. The van der Waals surface area contributed by atoms with Crippen LogP contribution in [0.2, 0.25) is 5.02 Å². The van der Waals surface area contributed by atoms with Gasteiger partial charge in [0.1, 0.15) is 11.4 Å². The minimum atomic E-state index is 0.694. The fourth-order valence-corrected chi connectivity index (χ4v) is 2.79. The third-order valence-corrected chi connectivity index (χ3v) is 3.99. The van der Waals surface area contributed by atoms with Crippen LogP contribution in [0.4, 0.5) is 0 Å². The van der Waals surface area contributed by atoms with Crippen molar-refractivity contribution in [1.82, 2.24) is 15.0 Å². The number of aromatic amines is 2. The van der Waals surface area contributed by atoms with Crippen LogP contribution in [0.25, 0.3) is 33.2 Å². The van der Waals surface area contributed by atoms with Gasteiger partial charge < -0.3 is 14.7 Å². The molecule has 21 heavy (non-hydrogen) atoms. The molecule has 0 aliphatic heterocycles. The highest BCUT2D eigenvalue weighted by Crippen LogP contribution is 2.33. The highest BCUT2D eigenvalue weighted by molar-refractivity contribution is 6.35. The maximum atomic E-state index is 6.21. The van der Waals surface area contributed by atoms with Gasteiger partial charge in [0.05, 0.1) is 12.1 Å². The summed E-state index contributed by atoms with van der Waals surface area (Å²) in [6.07, 6.45) is 3.67. The maximum absolute atomic E-state index is 6.21. The number of rotatable bonds is 2. The Morgan fingerprint density at radius 1 is 1.14 bits per heavy atom. The molecular formula is C16H12ClN3O. The Kier molecular flexibility index (Phi) is 2.65. The smallest absolute Gasteiger partial charge is 0.139 e. The summed E-state index contributed by atoms with van der Waals surface area (Å²) in [6, 6.07) is 9.77. The third-order valence-electron chi connectivity index (χ3n) is 3.66. The molecule has 0 bridgehead atoms. The first-order chi connectivity index (χ1) is 10.3. The Morgan fingerprint density at radius 3 is 2.86 bits per heavy atom. The van der Waals surface area contributed by atoms with E-state index in [0.717, 1.165) is 38.9 Å². The molecule has 0 spiro atoms. The van der Waals surface area contributed by atoms with Gasteiger partial charge in [-0.1, -0.05) is 11.6 Å². The molecule has 0 saturated carbocycles. The summed E-state index contributed by atoms with van der Waals surface area (Å²) in [5.74, 6) is 0.829. The van der Waals surface area contributed by atoms with Crippen LogP contribution in [0.15, 0.2) is 42.7 Å². The Labute approximate surface area is 125 Å². The Balaban J connectivity index is 1.97. The summed E-state index contributed by atoms with van der Waals surface area (Å²) < 4.78 is 5.30. The lowest BCUT2D eigenvalue weighted by atomic mass is 10.1. The predicted molar refractivity (Wildman–Crippen MR) is 84.9 cm³/mol. The van der Waals surface area contributed by atoms with Crippen LogP contribution < -0.4 is 4.74 Å². The minimum absolute atomic E-state index is 0.694. The molecule has 2 N–H and O–H groups in total. The average molecular weight is 298 g/mol. The van der Waals surface area contributed by atoms with Gasteiger partial charge in [-0.15, -0.1) is 0 Å². The summed E-state index contributed by atoms with van der Waals surface area (Å²) >= 11 is 6.21. The van der Waals surface area contributed by atoms with Crippen LogP contribution in [0.1, 0.15) is 0 Å². The third kappa shape index (κ3) is 1.87. The summed E-state index contributed by atoms with van der Waals surface area (Å²) in [7, 11) is 1.67. The summed E-state index contributed by atoms with van der Waals surface area (Å²) in [4.78, 5) is 10.9. The van der Waals surface area contributed by atoms with Crippen LogP contribution in [0, 0.1) is 0 Å². The SMILES string of the molecule is COc1ccc2[nH]cc(-c3cc4c(Cl)ccnc4[nH]3)c2c1. The highest BCUT2D eigenvalue weighted by atomic mass is 35.5. The molecule has 0 aliphatic rings. The molecule has 5 heteroatoms. The molecule has 0 aliphatic carbocycles. The van der Waals surface area contributed by atoms with Crippen LogP contribution in [0.3, 0.4) is 0 Å². The van der Waals surface area contributed by atoms with Crippen LogP contribution in [0.5, 0.6) is 5.75 Å². The Hall–Kier alpha value is -2.46. The van der Waals surface area contributed by atoms with E-state index in [0.29, 0.717) is 5.02 Å². The molecule has 4 nitrogen and oxygen atoms in total. The molecule has 0 radical (unpaired) electrons. The predicted octanol–water partition coefficient (Wildman–Crippen LogP) is 4.37.